The molecule has 0 saturated carbocycles. The summed E-state index contributed by atoms with van der Waals surface area (Å²) in [7, 11) is 0. The average Bonchev–Trinajstić information content (AvgIpc) is 3.78. The fraction of sp³-hybridized carbons (Fsp3) is 0. The zero-order valence-electron chi connectivity index (χ0n) is 22.8. The number of thiophene rings is 1. The molecule has 3 nitrogen and oxygen atoms in total. The van der Waals surface area contributed by atoms with Gasteiger partial charge in [-0.3, -0.25) is 4.57 Å². The number of aromatic nitrogens is 2. The Morgan fingerprint density at radius 2 is 1.37 bits per heavy atom. The van der Waals surface area contributed by atoms with E-state index in [1.807, 2.05) is 11.3 Å². The van der Waals surface area contributed by atoms with E-state index in [2.05, 4.69) is 124 Å². The molecule has 6 aromatic carbocycles. The van der Waals surface area contributed by atoms with Gasteiger partial charge in [0, 0.05) is 48.4 Å². The second kappa shape index (κ2) is 7.03. The number of fused-ring (bicyclic) bond motifs is 16. The summed E-state index contributed by atoms with van der Waals surface area (Å²) < 4.78 is 13.2. The van der Waals surface area contributed by atoms with Gasteiger partial charge >= 0.3 is 6.85 Å². The van der Waals surface area contributed by atoms with Crippen LogP contribution in [0.3, 0.4) is 0 Å². The molecule has 2 aliphatic heterocycles. The van der Waals surface area contributed by atoms with Gasteiger partial charge in [0.25, 0.3) is 0 Å². The van der Waals surface area contributed by atoms with Gasteiger partial charge in [-0.1, -0.05) is 97.1 Å². The van der Waals surface area contributed by atoms with Crippen LogP contribution in [-0.2, 0) is 0 Å². The number of furan rings is 1. The van der Waals surface area contributed by atoms with E-state index in [-0.39, 0.29) is 6.85 Å². The van der Waals surface area contributed by atoms with Crippen molar-refractivity contribution >= 4 is 104 Å². The average molecular weight is 562 g/mol. The lowest BCUT2D eigenvalue weighted by molar-refractivity contribution is 0.645. The molecule has 196 valence electrons. The van der Waals surface area contributed by atoms with Crippen molar-refractivity contribution < 1.29 is 4.42 Å². The summed E-state index contributed by atoms with van der Waals surface area (Å²) in [4.78, 5) is 1.35. The molecule has 2 aliphatic rings. The predicted octanol–water partition coefficient (Wildman–Crippen LogP) is 8.95. The van der Waals surface area contributed by atoms with Gasteiger partial charge in [-0.05, 0) is 45.5 Å². The van der Waals surface area contributed by atoms with Crippen LogP contribution in [0.1, 0.15) is 0 Å². The monoisotopic (exact) mass is 562 g/mol. The SMILES string of the molecule is c1ccc2c3c4c(cc2c1)-n1c2oc5ccccc5c2c2cccc(c21)B4n1c2sc4ccccc4c2c2cccc-3c21. The zero-order chi connectivity index (χ0) is 27.6. The first-order valence-electron chi connectivity index (χ1n) is 14.8. The van der Waals surface area contributed by atoms with Crippen LogP contribution in [0.5, 0.6) is 0 Å². The molecular weight excluding hydrogens is 543 g/mol. The molecule has 0 saturated heterocycles. The highest BCUT2D eigenvalue weighted by Crippen LogP contribution is 2.49. The zero-order valence-corrected chi connectivity index (χ0v) is 23.6. The minimum atomic E-state index is 0.0547. The lowest BCUT2D eigenvalue weighted by Gasteiger charge is -2.34. The third-order valence-corrected chi connectivity index (χ3v) is 11.3. The van der Waals surface area contributed by atoms with E-state index in [1.165, 1.54) is 91.4 Å². The Kier molecular flexibility index (Phi) is 3.50. The first-order valence-corrected chi connectivity index (χ1v) is 15.6. The number of para-hydroxylation sites is 3. The third kappa shape index (κ3) is 2.27. The molecule has 0 radical (unpaired) electrons. The standard InChI is InChI=1S/C38H19BN2OS/c1-2-10-21-20(9-1)19-28-34-31(21)24-13-7-14-26-33-23-12-4-6-18-30(23)43-38(33)41(35(24)26)39(34)27-16-8-15-25-32-22-11-3-5-17-29(22)42-37(32)40(28)36(25)27/h1-19H. The first-order chi connectivity index (χ1) is 21.4. The Hall–Kier alpha value is -5.26. The molecule has 5 heteroatoms. The number of rotatable bonds is 0. The minimum Gasteiger partial charge on any atom is -0.439 e. The maximum atomic E-state index is 6.72. The maximum Gasteiger partial charge on any atom is 0.333 e. The molecule has 0 unspecified atom stereocenters. The quantitative estimate of drug-likeness (QED) is 0.169. The molecule has 0 fully saturated rings. The van der Waals surface area contributed by atoms with E-state index in [4.69, 9.17) is 4.42 Å². The maximum absolute atomic E-state index is 6.72. The van der Waals surface area contributed by atoms with Crippen molar-refractivity contribution in [3.05, 3.63) is 115 Å². The van der Waals surface area contributed by atoms with E-state index in [0.29, 0.717) is 0 Å². The Bertz CT molecular complexity index is 2920. The summed E-state index contributed by atoms with van der Waals surface area (Å²) in [5, 5.41) is 10.3. The summed E-state index contributed by atoms with van der Waals surface area (Å²) in [6, 6.07) is 42.5. The van der Waals surface area contributed by atoms with E-state index >= 15 is 0 Å². The van der Waals surface area contributed by atoms with Crippen molar-refractivity contribution in [3.63, 3.8) is 0 Å². The molecule has 6 heterocycles. The summed E-state index contributed by atoms with van der Waals surface area (Å²) in [6.45, 7) is 0.0547. The van der Waals surface area contributed by atoms with Crippen LogP contribution in [0.2, 0.25) is 0 Å². The van der Waals surface area contributed by atoms with Gasteiger partial charge in [-0.25, -0.2) is 0 Å². The molecule has 0 N–H and O–H groups in total. The van der Waals surface area contributed by atoms with Crippen LogP contribution in [-0.4, -0.2) is 15.9 Å². The van der Waals surface area contributed by atoms with Crippen molar-refractivity contribution in [2.45, 2.75) is 0 Å². The van der Waals surface area contributed by atoms with Gasteiger partial charge in [0.05, 0.1) is 15.7 Å². The van der Waals surface area contributed by atoms with Crippen LogP contribution in [0.15, 0.2) is 120 Å². The van der Waals surface area contributed by atoms with Gasteiger partial charge < -0.3 is 8.90 Å². The molecule has 43 heavy (non-hydrogen) atoms. The molecular formula is C38H19BN2OS. The van der Waals surface area contributed by atoms with Crippen molar-refractivity contribution in [1.29, 1.82) is 0 Å². The Labute approximate surface area is 248 Å². The molecule has 0 amide bonds. The van der Waals surface area contributed by atoms with Crippen molar-refractivity contribution in [3.8, 4) is 16.8 Å². The van der Waals surface area contributed by atoms with Gasteiger partial charge in [0.1, 0.15) is 5.58 Å². The second-order valence-corrected chi connectivity index (χ2v) is 13.0. The number of benzene rings is 6. The minimum absolute atomic E-state index is 0.0547. The number of hydrogen-bond acceptors (Lipinski definition) is 2. The second-order valence-electron chi connectivity index (χ2n) is 12.0. The highest BCUT2D eigenvalue weighted by Gasteiger charge is 2.43. The summed E-state index contributed by atoms with van der Waals surface area (Å²) >= 11 is 1.93. The lowest BCUT2D eigenvalue weighted by atomic mass is 9.45. The fourth-order valence-corrected chi connectivity index (χ4v) is 9.81. The lowest BCUT2D eigenvalue weighted by Crippen LogP contribution is -2.55. The van der Waals surface area contributed by atoms with E-state index in [9.17, 15) is 0 Å². The molecule has 12 rings (SSSR count). The normalized spacial score (nSPS) is 13.5. The van der Waals surface area contributed by atoms with Gasteiger partial charge in [-0.15, -0.1) is 11.3 Å². The summed E-state index contributed by atoms with van der Waals surface area (Å²) in [5.41, 5.74) is 11.1. The largest absolute Gasteiger partial charge is 0.439 e. The van der Waals surface area contributed by atoms with E-state index < -0.39 is 0 Å². The molecule has 0 bridgehead atoms. The van der Waals surface area contributed by atoms with Gasteiger partial charge in [0.15, 0.2) is 0 Å². The van der Waals surface area contributed by atoms with Crippen molar-refractivity contribution in [1.82, 2.24) is 9.05 Å². The van der Waals surface area contributed by atoms with Crippen molar-refractivity contribution in [2.24, 2.45) is 0 Å². The highest BCUT2D eigenvalue weighted by molar-refractivity contribution is 7.26. The van der Waals surface area contributed by atoms with Crippen LogP contribution in [0.25, 0.3) is 91.8 Å². The summed E-state index contributed by atoms with van der Waals surface area (Å²) in [6.07, 6.45) is 0. The van der Waals surface area contributed by atoms with Crippen molar-refractivity contribution in [2.75, 3.05) is 0 Å². The Morgan fingerprint density at radius 3 is 2.30 bits per heavy atom. The summed E-state index contributed by atoms with van der Waals surface area (Å²) in [5.74, 6) is 0. The smallest absolute Gasteiger partial charge is 0.333 e. The highest BCUT2D eigenvalue weighted by atomic mass is 32.1. The molecule has 0 atom stereocenters. The van der Waals surface area contributed by atoms with Crippen LogP contribution >= 0.6 is 11.3 Å². The van der Waals surface area contributed by atoms with Crippen LogP contribution in [0, 0.1) is 0 Å². The van der Waals surface area contributed by atoms with Crippen LogP contribution < -0.4 is 10.9 Å². The van der Waals surface area contributed by atoms with Gasteiger partial charge in [-0.2, -0.15) is 0 Å². The third-order valence-electron chi connectivity index (χ3n) is 10.1. The molecule has 0 aliphatic carbocycles. The van der Waals surface area contributed by atoms with Gasteiger partial charge in [0.2, 0.25) is 5.71 Å². The Balaban J connectivity index is 1.39. The van der Waals surface area contributed by atoms with Crippen LogP contribution in [0.4, 0.5) is 0 Å². The predicted molar refractivity (Wildman–Crippen MR) is 182 cm³/mol. The Morgan fingerprint density at radius 1 is 0.628 bits per heavy atom. The van der Waals surface area contributed by atoms with E-state index in [1.54, 1.807) is 0 Å². The number of hydrogen-bond donors (Lipinski definition) is 0. The number of nitrogens with zero attached hydrogens (tertiary/aromatic N) is 2. The molecule has 4 aromatic heterocycles. The fourth-order valence-electron chi connectivity index (χ4n) is 8.56. The molecule has 0 spiro atoms. The van der Waals surface area contributed by atoms with E-state index in [0.717, 1.165) is 11.3 Å². The molecule has 10 aromatic rings. The topological polar surface area (TPSA) is 23.0 Å². The first kappa shape index (κ1) is 21.4.